The van der Waals surface area contributed by atoms with Crippen molar-refractivity contribution in [1.82, 2.24) is 9.88 Å². The van der Waals surface area contributed by atoms with E-state index in [2.05, 4.69) is 4.98 Å². The predicted molar refractivity (Wildman–Crippen MR) is 88.3 cm³/mol. The van der Waals surface area contributed by atoms with Crippen molar-refractivity contribution in [3.8, 4) is 10.6 Å². The van der Waals surface area contributed by atoms with Gasteiger partial charge in [-0.15, -0.1) is 11.3 Å². The van der Waals surface area contributed by atoms with Crippen LogP contribution in [0.1, 0.15) is 17.7 Å². The fraction of sp³-hybridized carbons (Fsp3) is 0.353. The van der Waals surface area contributed by atoms with Crippen LogP contribution in [0.3, 0.4) is 0 Å². The number of amides is 1. The van der Waals surface area contributed by atoms with E-state index in [4.69, 9.17) is 5.11 Å². The van der Waals surface area contributed by atoms with Gasteiger partial charge in [0.2, 0.25) is 5.91 Å². The van der Waals surface area contributed by atoms with E-state index >= 15 is 0 Å². The molecule has 0 saturated carbocycles. The standard InChI is InChI=1S/C17H18N2O3S/c1-11-2-4-12(5-3-11)16-18-14(10-23-16)8-15(20)19-7-6-13(9-19)17(21)22/h2-5,10,13H,6-9H2,1H3,(H,21,22). The number of rotatable bonds is 4. The first kappa shape index (κ1) is 15.7. The summed E-state index contributed by atoms with van der Waals surface area (Å²) in [5, 5.41) is 11.8. The zero-order chi connectivity index (χ0) is 16.4. The van der Waals surface area contributed by atoms with E-state index in [1.54, 1.807) is 4.90 Å². The molecular weight excluding hydrogens is 312 g/mol. The highest BCUT2D eigenvalue weighted by Crippen LogP contribution is 2.25. The molecule has 1 aromatic heterocycles. The second kappa shape index (κ2) is 6.50. The Morgan fingerprint density at radius 2 is 2.09 bits per heavy atom. The molecule has 0 radical (unpaired) electrons. The van der Waals surface area contributed by atoms with Gasteiger partial charge in [-0.05, 0) is 13.3 Å². The van der Waals surface area contributed by atoms with Crippen LogP contribution in [0.4, 0.5) is 0 Å². The summed E-state index contributed by atoms with van der Waals surface area (Å²) >= 11 is 1.52. The van der Waals surface area contributed by atoms with Crippen LogP contribution in [0.25, 0.3) is 10.6 Å². The Hall–Kier alpha value is -2.21. The van der Waals surface area contributed by atoms with Crippen molar-refractivity contribution in [3.05, 3.63) is 40.9 Å². The molecule has 1 N–H and O–H groups in total. The van der Waals surface area contributed by atoms with Gasteiger partial charge in [0.25, 0.3) is 0 Å². The van der Waals surface area contributed by atoms with E-state index in [0.717, 1.165) is 16.3 Å². The number of carbonyl (C=O) groups is 2. The first-order valence-corrected chi connectivity index (χ1v) is 8.43. The summed E-state index contributed by atoms with van der Waals surface area (Å²) in [5.74, 6) is -1.30. The van der Waals surface area contributed by atoms with Gasteiger partial charge in [0.1, 0.15) is 5.01 Å². The van der Waals surface area contributed by atoms with Crippen molar-refractivity contribution in [1.29, 1.82) is 0 Å². The number of thiazole rings is 1. The Kier molecular flexibility index (Phi) is 4.43. The lowest BCUT2D eigenvalue weighted by Crippen LogP contribution is -2.31. The van der Waals surface area contributed by atoms with Crippen LogP contribution < -0.4 is 0 Å². The lowest BCUT2D eigenvalue weighted by atomic mass is 10.1. The summed E-state index contributed by atoms with van der Waals surface area (Å²) < 4.78 is 0. The molecule has 6 heteroatoms. The smallest absolute Gasteiger partial charge is 0.308 e. The van der Waals surface area contributed by atoms with Gasteiger partial charge in [0.15, 0.2) is 0 Å². The second-order valence-electron chi connectivity index (χ2n) is 5.85. The molecular formula is C17H18N2O3S. The minimum absolute atomic E-state index is 0.0468. The topological polar surface area (TPSA) is 70.5 Å². The summed E-state index contributed by atoms with van der Waals surface area (Å²) in [7, 11) is 0. The minimum atomic E-state index is -0.824. The number of likely N-dealkylation sites (tertiary alicyclic amines) is 1. The SMILES string of the molecule is Cc1ccc(-c2nc(CC(=O)N3CCC(C(=O)O)C3)cs2)cc1. The van der Waals surface area contributed by atoms with E-state index in [1.807, 2.05) is 36.6 Å². The van der Waals surface area contributed by atoms with Gasteiger partial charge >= 0.3 is 5.97 Å². The number of hydrogen-bond acceptors (Lipinski definition) is 4. The molecule has 1 fully saturated rings. The molecule has 0 spiro atoms. The normalized spacial score (nSPS) is 17.4. The highest BCUT2D eigenvalue weighted by atomic mass is 32.1. The van der Waals surface area contributed by atoms with Crippen LogP contribution in [-0.2, 0) is 16.0 Å². The summed E-state index contributed by atoms with van der Waals surface area (Å²) in [4.78, 5) is 29.4. The molecule has 1 unspecified atom stereocenters. The molecule has 2 aromatic rings. The molecule has 0 bridgehead atoms. The molecule has 1 aliphatic rings. The average Bonchev–Trinajstić information content (AvgIpc) is 3.17. The largest absolute Gasteiger partial charge is 0.481 e. The molecule has 3 rings (SSSR count). The quantitative estimate of drug-likeness (QED) is 0.935. The maximum Gasteiger partial charge on any atom is 0.308 e. The van der Waals surface area contributed by atoms with Gasteiger partial charge in [0.05, 0.1) is 18.0 Å². The Morgan fingerprint density at radius 3 is 2.74 bits per heavy atom. The highest BCUT2D eigenvalue weighted by Gasteiger charge is 2.30. The molecule has 1 aromatic carbocycles. The number of aromatic nitrogens is 1. The van der Waals surface area contributed by atoms with Crippen molar-refractivity contribution in [2.24, 2.45) is 5.92 Å². The van der Waals surface area contributed by atoms with Crippen molar-refractivity contribution >= 4 is 23.2 Å². The Bertz CT molecular complexity index is 724. The molecule has 120 valence electrons. The number of carbonyl (C=O) groups excluding carboxylic acids is 1. The van der Waals surface area contributed by atoms with E-state index in [9.17, 15) is 9.59 Å². The summed E-state index contributed by atoms with van der Waals surface area (Å²) in [6.07, 6.45) is 0.765. The van der Waals surface area contributed by atoms with Gasteiger partial charge in [-0.3, -0.25) is 9.59 Å². The summed E-state index contributed by atoms with van der Waals surface area (Å²) in [5.41, 5.74) is 2.99. The predicted octanol–water partition coefficient (Wildman–Crippen LogP) is 2.59. The van der Waals surface area contributed by atoms with E-state index < -0.39 is 11.9 Å². The average molecular weight is 330 g/mol. The van der Waals surface area contributed by atoms with Crippen molar-refractivity contribution in [3.63, 3.8) is 0 Å². The third kappa shape index (κ3) is 3.59. The monoisotopic (exact) mass is 330 g/mol. The number of benzene rings is 1. The minimum Gasteiger partial charge on any atom is -0.481 e. The number of nitrogens with zero attached hydrogens (tertiary/aromatic N) is 2. The Balaban J connectivity index is 1.64. The maximum absolute atomic E-state index is 12.3. The number of hydrogen-bond donors (Lipinski definition) is 1. The Labute approximate surface area is 138 Å². The van der Waals surface area contributed by atoms with Gasteiger partial charge < -0.3 is 10.0 Å². The van der Waals surface area contributed by atoms with Crippen LogP contribution in [0.5, 0.6) is 0 Å². The van der Waals surface area contributed by atoms with Crippen LogP contribution in [0.2, 0.25) is 0 Å². The molecule has 1 atom stereocenters. The first-order chi connectivity index (χ1) is 11.0. The first-order valence-electron chi connectivity index (χ1n) is 7.55. The van der Waals surface area contributed by atoms with Crippen LogP contribution in [-0.4, -0.2) is 40.0 Å². The third-order valence-corrected chi connectivity index (χ3v) is 5.01. The van der Waals surface area contributed by atoms with E-state index in [1.165, 1.54) is 16.9 Å². The summed E-state index contributed by atoms with van der Waals surface area (Å²) in [6, 6.07) is 8.13. The van der Waals surface area contributed by atoms with Gasteiger partial charge in [-0.1, -0.05) is 29.8 Å². The van der Waals surface area contributed by atoms with E-state index in [0.29, 0.717) is 19.5 Å². The van der Waals surface area contributed by atoms with Crippen molar-refractivity contribution < 1.29 is 14.7 Å². The zero-order valence-corrected chi connectivity index (χ0v) is 13.7. The molecule has 1 saturated heterocycles. The maximum atomic E-state index is 12.3. The number of aryl methyl sites for hydroxylation is 1. The second-order valence-corrected chi connectivity index (χ2v) is 6.71. The van der Waals surface area contributed by atoms with Gasteiger partial charge in [0, 0.05) is 24.0 Å². The fourth-order valence-corrected chi connectivity index (χ4v) is 3.50. The van der Waals surface area contributed by atoms with Crippen LogP contribution >= 0.6 is 11.3 Å². The number of aliphatic carboxylic acids is 1. The molecule has 23 heavy (non-hydrogen) atoms. The zero-order valence-electron chi connectivity index (χ0n) is 12.9. The number of carboxylic acid groups (broad SMARTS) is 1. The molecule has 5 nitrogen and oxygen atoms in total. The van der Waals surface area contributed by atoms with Gasteiger partial charge in [-0.2, -0.15) is 0 Å². The van der Waals surface area contributed by atoms with Crippen LogP contribution in [0, 0.1) is 12.8 Å². The van der Waals surface area contributed by atoms with Crippen molar-refractivity contribution in [2.45, 2.75) is 19.8 Å². The molecule has 2 heterocycles. The summed E-state index contributed by atoms with van der Waals surface area (Å²) in [6.45, 7) is 2.87. The molecule has 1 amide bonds. The van der Waals surface area contributed by atoms with Crippen LogP contribution in [0.15, 0.2) is 29.6 Å². The highest BCUT2D eigenvalue weighted by molar-refractivity contribution is 7.13. The molecule has 1 aliphatic heterocycles. The third-order valence-electron chi connectivity index (χ3n) is 4.07. The van der Waals surface area contributed by atoms with E-state index in [-0.39, 0.29) is 12.3 Å². The lowest BCUT2D eigenvalue weighted by molar-refractivity contribution is -0.141. The van der Waals surface area contributed by atoms with Gasteiger partial charge in [-0.25, -0.2) is 4.98 Å². The fourth-order valence-electron chi connectivity index (χ4n) is 2.67. The Morgan fingerprint density at radius 1 is 1.35 bits per heavy atom. The number of carboxylic acids is 1. The lowest BCUT2D eigenvalue weighted by Gasteiger charge is -2.14. The molecule has 0 aliphatic carbocycles. The van der Waals surface area contributed by atoms with Crippen molar-refractivity contribution in [2.75, 3.05) is 13.1 Å².